The van der Waals surface area contributed by atoms with E-state index in [9.17, 15) is 8.42 Å². The molecule has 98 valence electrons. The molecular weight excluding hydrogens is 238 g/mol. The van der Waals surface area contributed by atoms with E-state index >= 15 is 0 Å². The normalized spacial score (nSPS) is 12.2. The third-order valence-electron chi connectivity index (χ3n) is 2.58. The Balaban J connectivity index is 2.50. The van der Waals surface area contributed by atoms with Crippen molar-refractivity contribution < 1.29 is 8.42 Å². The fourth-order valence-corrected chi connectivity index (χ4v) is 2.25. The summed E-state index contributed by atoms with van der Waals surface area (Å²) in [6.45, 7) is 7.48. The first-order valence-corrected chi connectivity index (χ1v) is 7.62. The molecule has 0 radical (unpaired) electrons. The van der Waals surface area contributed by atoms with Gasteiger partial charge in [-0.1, -0.05) is 6.92 Å². The maximum absolute atomic E-state index is 11.6. The van der Waals surface area contributed by atoms with Crippen LogP contribution >= 0.6 is 0 Å². The highest BCUT2D eigenvalue weighted by Crippen LogP contribution is 2.02. The first-order valence-electron chi connectivity index (χ1n) is 5.90. The molecule has 0 aliphatic carbocycles. The van der Waals surface area contributed by atoms with E-state index in [1.807, 2.05) is 19.2 Å². The quantitative estimate of drug-likeness (QED) is 0.787. The van der Waals surface area contributed by atoms with Gasteiger partial charge in [0.05, 0.1) is 23.2 Å². The number of aryl methyl sites for hydroxylation is 1. The van der Waals surface area contributed by atoms with Crippen LogP contribution in [0.25, 0.3) is 0 Å². The van der Waals surface area contributed by atoms with Crippen LogP contribution in [0.1, 0.15) is 26.5 Å². The summed E-state index contributed by atoms with van der Waals surface area (Å²) >= 11 is 0. The molecule has 0 bridgehead atoms. The molecule has 17 heavy (non-hydrogen) atoms. The molecule has 6 heteroatoms. The largest absolute Gasteiger partial charge is 0.311 e. The monoisotopic (exact) mass is 259 g/mol. The minimum atomic E-state index is -2.98. The fourth-order valence-electron chi connectivity index (χ4n) is 1.33. The maximum Gasteiger partial charge on any atom is 0.154 e. The van der Waals surface area contributed by atoms with Gasteiger partial charge in [-0.3, -0.25) is 4.68 Å². The molecule has 1 heterocycles. The molecule has 1 aromatic rings. The summed E-state index contributed by atoms with van der Waals surface area (Å²) in [7, 11) is -2.98. The first kappa shape index (κ1) is 14.2. The molecule has 0 spiro atoms. The van der Waals surface area contributed by atoms with E-state index in [-0.39, 0.29) is 11.0 Å². The average Bonchev–Trinajstić information content (AvgIpc) is 2.71. The van der Waals surface area contributed by atoms with Gasteiger partial charge in [0.15, 0.2) is 9.84 Å². The van der Waals surface area contributed by atoms with E-state index in [0.717, 1.165) is 18.8 Å². The van der Waals surface area contributed by atoms with E-state index in [2.05, 4.69) is 10.4 Å². The summed E-state index contributed by atoms with van der Waals surface area (Å²) < 4.78 is 24.9. The second kappa shape index (κ2) is 6.16. The zero-order valence-corrected chi connectivity index (χ0v) is 11.5. The van der Waals surface area contributed by atoms with Crippen molar-refractivity contribution in [3.05, 3.63) is 18.0 Å². The van der Waals surface area contributed by atoms with Gasteiger partial charge >= 0.3 is 0 Å². The molecule has 0 aliphatic rings. The second-order valence-electron chi connectivity index (χ2n) is 4.27. The first-order chi connectivity index (χ1) is 7.95. The number of aromatic nitrogens is 2. The Kier molecular flexibility index (Phi) is 5.14. The lowest BCUT2D eigenvalue weighted by molar-refractivity contribution is 0.569. The van der Waals surface area contributed by atoms with Crippen molar-refractivity contribution in [1.29, 1.82) is 0 Å². The summed E-state index contributed by atoms with van der Waals surface area (Å²) in [6.07, 6.45) is 1.82. The number of hydrogen-bond donors (Lipinski definition) is 1. The summed E-state index contributed by atoms with van der Waals surface area (Å²) in [6, 6.07) is 1.91. The van der Waals surface area contributed by atoms with Crippen LogP contribution in [0.5, 0.6) is 0 Å². The van der Waals surface area contributed by atoms with Gasteiger partial charge in [-0.15, -0.1) is 0 Å². The van der Waals surface area contributed by atoms with Crippen LogP contribution in [0.3, 0.4) is 0 Å². The molecule has 0 saturated heterocycles. The van der Waals surface area contributed by atoms with E-state index in [0.29, 0.717) is 6.54 Å². The molecule has 0 aromatic carbocycles. The number of nitrogens with one attached hydrogen (secondary N) is 1. The van der Waals surface area contributed by atoms with Crippen molar-refractivity contribution in [1.82, 2.24) is 15.1 Å². The van der Waals surface area contributed by atoms with Gasteiger partial charge in [-0.2, -0.15) is 5.10 Å². The van der Waals surface area contributed by atoms with Crippen LogP contribution in [0.2, 0.25) is 0 Å². The van der Waals surface area contributed by atoms with Crippen LogP contribution in [0.15, 0.2) is 12.3 Å². The molecule has 1 aromatic heterocycles. The smallest absolute Gasteiger partial charge is 0.154 e. The lowest BCUT2D eigenvalue weighted by Crippen LogP contribution is -2.21. The van der Waals surface area contributed by atoms with Crippen molar-refractivity contribution >= 4 is 9.84 Å². The Morgan fingerprint density at radius 1 is 1.47 bits per heavy atom. The zero-order valence-electron chi connectivity index (χ0n) is 10.7. The van der Waals surface area contributed by atoms with Gasteiger partial charge in [-0.05, 0) is 26.5 Å². The van der Waals surface area contributed by atoms with Gasteiger partial charge in [0.1, 0.15) is 0 Å². The topological polar surface area (TPSA) is 64.0 Å². The van der Waals surface area contributed by atoms with Gasteiger partial charge in [0.2, 0.25) is 0 Å². The van der Waals surface area contributed by atoms with Crippen LogP contribution in [0, 0.1) is 0 Å². The highest BCUT2D eigenvalue weighted by atomic mass is 32.2. The van der Waals surface area contributed by atoms with Crippen molar-refractivity contribution in [2.75, 3.05) is 12.3 Å². The van der Waals surface area contributed by atoms with Crippen molar-refractivity contribution in [3.63, 3.8) is 0 Å². The van der Waals surface area contributed by atoms with Gasteiger partial charge in [0, 0.05) is 12.7 Å². The van der Waals surface area contributed by atoms with Gasteiger partial charge in [0.25, 0.3) is 0 Å². The number of sulfone groups is 1. The van der Waals surface area contributed by atoms with E-state index in [4.69, 9.17) is 0 Å². The van der Waals surface area contributed by atoms with Crippen molar-refractivity contribution in [2.24, 2.45) is 0 Å². The predicted octanol–water partition coefficient (Wildman–Crippen LogP) is 0.816. The Morgan fingerprint density at radius 3 is 2.76 bits per heavy atom. The van der Waals surface area contributed by atoms with E-state index in [1.54, 1.807) is 18.5 Å². The Bertz CT molecular complexity index is 437. The molecule has 0 fully saturated rings. The minimum absolute atomic E-state index is 0.146. The average molecular weight is 259 g/mol. The molecule has 1 rings (SSSR count). The van der Waals surface area contributed by atoms with Crippen LogP contribution in [-0.4, -0.2) is 35.7 Å². The number of nitrogens with zero attached hydrogens (tertiary/aromatic N) is 2. The van der Waals surface area contributed by atoms with Gasteiger partial charge in [-0.25, -0.2) is 8.42 Å². The Labute approximate surface area is 103 Å². The van der Waals surface area contributed by atoms with Gasteiger partial charge < -0.3 is 5.32 Å². The molecule has 5 nitrogen and oxygen atoms in total. The number of rotatable bonds is 7. The summed E-state index contributed by atoms with van der Waals surface area (Å²) in [4.78, 5) is 0. The van der Waals surface area contributed by atoms with Crippen LogP contribution < -0.4 is 5.32 Å². The SMILES string of the molecule is CCNCc1ccn(CCS(=O)(=O)C(C)C)n1. The molecule has 0 saturated carbocycles. The standard InChI is InChI=1S/C11H21N3O2S/c1-4-12-9-11-5-6-14(13-11)7-8-17(15,16)10(2)3/h5-6,10,12H,4,7-9H2,1-3H3. The molecule has 0 atom stereocenters. The second-order valence-corrected chi connectivity index (χ2v) is 6.94. The summed E-state index contributed by atoms with van der Waals surface area (Å²) in [5, 5.41) is 7.15. The number of hydrogen-bond acceptors (Lipinski definition) is 4. The summed E-state index contributed by atoms with van der Waals surface area (Å²) in [5.41, 5.74) is 0.939. The van der Waals surface area contributed by atoms with E-state index in [1.165, 1.54) is 0 Å². The molecule has 0 amide bonds. The Hall–Kier alpha value is -0.880. The van der Waals surface area contributed by atoms with Crippen LogP contribution in [0.4, 0.5) is 0 Å². The molecule has 0 unspecified atom stereocenters. The Morgan fingerprint density at radius 2 is 2.18 bits per heavy atom. The van der Waals surface area contributed by atoms with Crippen molar-refractivity contribution in [3.8, 4) is 0 Å². The van der Waals surface area contributed by atoms with Crippen LogP contribution in [-0.2, 0) is 22.9 Å². The fraction of sp³-hybridized carbons (Fsp3) is 0.727. The third kappa shape index (κ3) is 4.47. The minimum Gasteiger partial charge on any atom is -0.311 e. The lowest BCUT2D eigenvalue weighted by atomic mass is 10.4. The van der Waals surface area contributed by atoms with Crippen molar-refractivity contribution in [2.45, 2.75) is 39.1 Å². The predicted molar refractivity (Wildman–Crippen MR) is 68.5 cm³/mol. The lowest BCUT2D eigenvalue weighted by Gasteiger charge is -2.07. The summed E-state index contributed by atoms with van der Waals surface area (Å²) in [5.74, 6) is 0.146. The third-order valence-corrected chi connectivity index (χ3v) is 4.76. The highest BCUT2D eigenvalue weighted by molar-refractivity contribution is 7.91. The molecule has 0 aliphatic heterocycles. The zero-order chi connectivity index (χ0) is 12.9. The molecule has 1 N–H and O–H groups in total. The molecular formula is C11H21N3O2S. The maximum atomic E-state index is 11.6. The van der Waals surface area contributed by atoms with E-state index < -0.39 is 9.84 Å². The highest BCUT2D eigenvalue weighted by Gasteiger charge is 2.15.